The van der Waals surface area contributed by atoms with Gasteiger partial charge < -0.3 is 10.6 Å². The molecule has 5 heteroatoms. The Bertz CT molecular complexity index is 783. The van der Waals surface area contributed by atoms with Crippen LogP contribution in [-0.4, -0.2) is 11.8 Å². The minimum atomic E-state index is -0.261. The maximum atomic E-state index is 12.3. The minimum Gasteiger partial charge on any atom is -0.326 e. The molecule has 0 bridgehead atoms. The van der Waals surface area contributed by atoms with Crippen LogP contribution in [0, 0.1) is 25.7 Å². The number of hydrogen-bond donors (Lipinski definition) is 2. The number of nitrogens with one attached hydrogen (secondary N) is 2. The summed E-state index contributed by atoms with van der Waals surface area (Å²) < 4.78 is 0.829. The third kappa shape index (κ3) is 3.85. The number of amides is 2. The van der Waals surface area contributed by atoms with Crippen LogP contribution in [0.5, 0.6) is 0 Å². The molecule has 0 aliphatic heterocycles. The first-order valence-corrected chi connectivity index (χ1v) is 8.68. The third-order valence-corrected chi connectivity index (χ3v) is 4.78. The lowest BCUT2D eigenvalue weighted by Gasteiger charge is -2.08. The molecular weight excluding hydrogens is 368 g/mol. The van der Waals surface area contributed by atoms with Crippen LogP contribution in [-0.2, 0) is 9.59 Å². The molecule has 2 aromatic rings. The molecule has 2 unspecified atom stereocenters. The van der Waals surface area contributed by atoms with E-state index >= 15 is 0 Å². The maximum absolute atomic E-state index is 12.3. The van der Waals surface area contributed by atoms with E-state index in [1.165, 1.54) is 0 Å². The second-order valence-electron chi connectivity index (χ2n) is 6.28. The van der Waals surface area contributed by atoms with Gasteiger partial charge >= 0.3 is 0 Å². The number of carbonyl (C=O) groups is 2. The molecule has 4 nitrogen and oxygen atoms in total. The number of carbonyl (C=O) groups excluding carboxylic acids is 2. The highest BCUT2D eigenvalue weighted by Gasteiger charge is 2.48. The van der Waals surface area contributed by atoms with Crippen LogP contribution in [0.25, 0.3) is 0 Å². The van der Waals surface area contributed by atoms with Gasteiger partial charge in [-0.05, 0) is 71.6 Å². The second kappa shape index (κ2) is 6.77. The average molecular weight is 387 g/mol. The summed E-state index contributed by atoms with van der Waals surface area (Å²) in [5.41, 5.74) is 3.71. The summed E-state index contributed by atoms with van der Waals surface area (Å²) in [7, 11) is 0. The summed E-state index contributed by atoms with van der Waals surface area (Å²) in [6.07, 6.45) is 0.590. The van der Waals surface area contributed by atoms with E-state index in [9.17, 15) is 9.59 Å². The summed E-state index contributed by atoms with van der Waals surface area (Å²) in [6.45, 7) is 3.99. The fraction of sp³-hybridized carbons (Fsp3) is 0.263. The fourth-order valence-corrected chi connectivity index (χ4v) is 3.23. The lowest BCUT2D eigenvalue weighted by molar-refractivity contribution is -0.122. The van der Waals surface area contributed by atoms with Gasteiger partial charge in [-0.2, -0.15) is 0 Å². The number of halogens is 1. The molecule has 1 aliphatic carbocycles. The standard InChI is InChI=1S/C19H19BrN2O2/c1-11-7-12(2)9-13(8-11)21-18(23)14-10-15(14)19(24)22-17-6-4-3-5-16(17)20/h3-9,14-15H,10H2,1-2H3,(H,21,23)(H,22,24). The normalized spacial score (nSPS) is 18.8. The van der Waals surface area contributed by atoms with Crippen LogP contribution in [0.4, 0.5) is 11.4 Å². The highest BCUT2D eigenvalue weighted by atomic mass is 79.9. The Labute approximate surface area is 149 Å². The van der Waals surface area contributed by atoms with Crippen LogP contribution in [0.1, 0.15) is 17.5 Å². The first kappa shape index (κ1) is 16.7. The molecule has 0 aromatic heterocycles. The Morgan fingerprint density at radius 1 is 0.958 bits per heavy atom. The first-order chi connectivity index (χ1) is 11.4. The highest BCUT2D eigenvalue weighted by molar-refractivity contribution is 9.10. The molecule has 2 atom stereocenters. The molecule has 2 amide bonds. The Morgan fingerprint density at radius 3 is 2.17 bits per heavy atom. The Balaban J connectivity index is 1.59. The number of benzene rings is 2. The van der Waals surface area contributed by atoms with Crippen molar-refractivity contribution in [2.45, 2.75) is 20.3 Å². The maximum Gasteiger partial charge on any atom is 0.228 e. The quantitative estimate of drug-likeness (QED) is 0.823. The Hall–Kier alpha value is -2.14. The lowest BCUT2D eigenvalue weighted by Crippen LogP contribution is -2.20. The van der Waals surface area contributed by atoms with Crippen LogP contribution >= 0.6 is 15.9 Å². The smallest absolute Gasteiger partial charge is 0.228 e. The van der Waals surface area contributed by atoms with Crippen molar-refractivity contribution >= 4 is 39.1 Å². The molecule has 1 fully saturated rings. The van der Waals surface area contributed by atoms with Gasteiger partial charge in [-0.25, -0.2) is 0 Å². The summed E-state index contributed by atoms with van der Waals surface area (Å²) >= 11 is 3.40. The predicted molar refractivity (Wildman–Crippen MR) is 98.9 cm³/mol. The van der Waals surface area contributed by atoms with E-state index in [-0.39, 0.29) is 23.7 Å². The predicted octanol–water partition coefficient (Wildman–Crippen LogP) is 4.28. The van der Waals surface area contributed by atoms with Gasteiger partial charge in [-0.15, -0.1) is 0 Å². The van der Waals surface area contributed by atoms with Crippen molar-refractivity contribution in [3.8, 4) is 0 Å². The topological polar surface area (TPSA) is 58.2 Å². The van der Waals surface area contributed by atoms with Gasteiger partial charge in [0.2, 0.25) is 11.8 Å². The van der Waals surface area contributed by atoms with Crippen molar-refractivity contribution in [1.29, 1.82) is 0 Å². The molecule has 2 N–H and O–H groups in total. The zero-order valence-electron chi connectivity index (χ0n) is 13.6. The first-order valence-electron chi connectivity index (χ1n) is 7.88. The van der Waals surface area contributed by atoms with Gasteiger partial charge in [0.25, 0.3) is 0 Å². The van der Waals surface area contributed by atoms with Crippen molar-refractivity contribution in [1.82, 2.24) is 0 Å². The highest BCUT2D eigenvalue weighted by Crippen LogP contribution is 2.40. The largest absolute Gasteiger partial charge is 0.326 e. The van der Waals surface area contributed by atoms with Crippen molar-refractivity contribution in [3.63, 3.8) is 0 Å². The summed E-state index contributed by atoms with van der Waals surface area (Å²) in [5, 5.41) is 5.79. The molecule has 0 radical (unpaired) electrons. The number of aryl methyl sites for hydroxylation is 2. The van der Waals surface area contributed by atoms with Gasteiger partial charge in [-0.1, -0.05) is 18.2 Å². The van der Waals surface area contributed by atoms with E-state index in [0.29, 0.717) is 6.42 Å². The van der Waals surface area contributed by atoms with Gasteiger partial charge in [0, 0.05) is 10.2 Å². The monoisotopic (exact) mass is 386 g/mol. The molecule has 1 aliphatic rings. The van der Waals surface area contributed by atoms with Crippen molar-refractivity contribution in [2.24, 2.45) is 11.8 Å². The summed E-state index contributed by atoms with van der Waals surface area (Å²) in [4.78, 5) is 24.6. The zero-order valence-corrected chi connectivity index (χ0v) is 15.2. The average Bonchev–Trinajstić information content (AvgIpc) is 3.29. The molecule has 24 heavy (non-hydrogen) atoms. The van der Waals surface area contributed by atoms with E-state index in [0.717, 1.165) is 27.0 Å². The van der Waals surface area contributed by atoms with Crippen molar-refractivity contribution in [2.75, 3.05) is 10.6 Å². The Morgan fingerprint density at radius 2 is 1.54 bits per heavy atom. The van der Waals surface area contributed by atoms with Gasteiger partial charge in [0.05, 0.1) is 17.5 Å². The Kier molecular flexibility index (Phi) is 4.71. The van der Waals surface area contributed by atoms with Crippen LogP contribution in [0.3, 0.4) is 0 Å². The van der Waals surface area contributed by atoms with Crippen LogP contribution in [0.15, 0.2) is 46.9 Å². The molecule has 2 aromatic carbocycles. The molecule has 0 heterocycles. The van der Waals surface area contributed by atoms with E-state index in [1.54, 1.807) is 0 Å². The van der Waals surface area contributed by atoms with Gasteiger partial charge in [-0.3, -0.25) is 9.59 Å². The van der Waals surface area contributed by atoms with E-state index in [1.807, 2.05) is 50.2 Å². The number of anilines is 2. The van der Waals surface area contributed by atoms with Gasteiger partial charge in [0.1, 0.15) is 0 Å². The second-order valence-corrected chi connectivity index (χ2v) is 7.14. The lowest BCUT2D eigenvalue weighted by atomic mass is 10.1. The molecule has 1 saturated carbocycles. The minimum absolute atomic E-state index is 0.0905. The third-order valence-electron chi connectivity index (χ3n) is 4.08. The van der Waals surface area contributed by atoms with Crippen molar-refractivity contribution < 1.29 is 9.59 Å². The summed E-state index contributed by atoms with van der Waals surface area (Å²) in [5.74, 6) is -0.717. The molecule has 3 rings (SSSR count). The molecule has 124 valence electrons. The zero-order chi connectivity index (χ0) is 17.3. The van der Waals surface area contributed by atoms with E-state index < -0.39 is 0 Å². The SMILES string of the molecule is Cc1cc(C)cc(NC(=O)C2CC2C(=O)Nc2ccccc2Br)c1. The van der Waals surface area contributed by atoms with Crippen LogP contribution < -0.4 is 10.6 Å². The number of rotatable bonds is 4. The van der Waals surface area contributed by atoms with Crippen LogP contribution in [0.2, 0.25) is 0 Å². The molecule has 0 saturated heterocycles. The van der Waals surface area contributed by atoms with E-state index in [2.05, 4.69) is 32.6 Å². The van der Waals surface area contributed by atoms with E-state index in [4.69, 9.17) is 0 Å². The molecular formula is C19H19BrN2O2. The summed E-state index contributed by atoms with van der Waals surface area (Å²) in [6, 6.07) is 13.4. The van der Waals surface area contributed by atoms with Crippen molar-refractivity contribution in [3.05, 3.63) is 58.1 Å². The number of hydrogen-bond acceptors (Lipinski definition) is 2. The number of para-hydroxylation sites is 1. The molecule has 0 spiro atoms. The fourth-order valence-electron chi connectivity index (χ4n) is 2.84. The van der Waals surface area contributed by atoms with Gasteiger partial charge in [0.15, 0.2) is 0 Å².